The molecular weight excluding hydrogens is 362 g/mol. The Labute approximate surface area is 164 Å². The zero-order valence-corrected chi connectivity index (χ0v) is 16.3. The molecule has 4 saturated carbocycles. The highest BCUT2D eigenvalue weighted by Crippen LogP contribution is 2.61. The molecule has 5 rings (SSSR count). The minimum absolute atomic E-state index is 0.354. The Morgan fingerprint density at radius 3 is 2.46 bits per heavy atom. The second-order valence-electron chi connectivity index (χ2n) is 8.66. The summed E-state index contributed by atoms with van der Waals surface area (Å²) in [4.78, 5) is 25.2. The summed E-state index contributed by atoms with van der Waals surface area (Å²) in [5, 5.41) is 13.5. The van der Waals surface area contributed by atoms with Gasteiger partial charge in [0.15, 0.2) is 6.61 Å². The molecule has 4 aliphatic rings. The molecule has 0 heterocycles. The molecule has 4 aliphatic carbocycles. The first-order chi connectivity index (χ1) is 13.3. The molecule has 0 saturated heterocycles. The van der Waals surface area contributed by atoms with Crippen LogP contribution in [0.3, 0.4) is 0 Å². The molecule has 7 nitrogen and oxygen atoms in total. The molecule has 1 aromatic rings. The average molecular weight is 389 g/mol. The number of hydrogen-bond acceptors (Lipinski definition) is 6. The van der Waals surface area contributed by atoms with Gasteiger partial charge in [0.25, 0.3) is 5.91 Å². The maximum atomic E-state index is 12.9. The van der Waals surface area contributed by atoms with Crippen molar-refractivity contribution in [2.24, 2.45) is 17.3 Å². The highest BCUT2D eigenvalue weighted by molar-refractivity contribution is 5.94. The van der Waals surface area contributed by atoms with E-state index < -0.39 is 16.9 Å². The van der Waals surface area contributed by atoms with Gasteiger partial charge in [-0.1, -0.05) is 0 Å². The number of methoxy groups -OCH3 is 2. The molecule has 4 bridgehead atoms. The van der Waals surface area contributed by atoms with Crippen LogP contribution in [0.5, 0.6) is 11.5 Å². The number of carbonyl (C=O) groups excluding carboxylic acids is 2. The largest absolute Gasteiger partial charge is 0.497 e. The Kier molecular flexibility index (Phi) is 4.73. The molecule has 152 valence electrons. The number of anilines is 1. The van der Waals surface area contributed by atoms with Crippen LogP contribution in [0, 0.1) is 17.3 Å². The standard InChI is InChI=1S/C21H27NO6/c1-26-15-3-4-17(27-2)16(6-15)22-18(23)11-28-19(24)20-7-13-5-14(8-20)10-21(25,9-13)12-20/h3-4,6,13-14,25H,5,7-12H2,1-2H3,(H,22,23)/t13-,14+,20?,21?. The van der Waals surface area contributed by atoms with Gasteiger partial charge in [-0.15, -0.1) is 0 Å². The van der Waals surface area contributed by atoms with Gasteiger partial charge in [-0.3, -0.25) is 9.59 Å². The van der Waals surface area contributed by atoms with Gasteiger partial charge in [0, 0.05) is 6.07 Å². The van der Waals surface area contributed by atoms with Crippen molar-refractivity contribution in [1.29, 1.82) is 0 Å². The predicted octanol–water partition coefficient (Wildman–Crippen LogP) is 2.52. The summed E-state index contributed by atoms with van der Waals surface area (Å²) >= 11 is 0. The number of aliphatic hydroxyl groups is 1. The van der Waals surface area contributed by atoms with E-state index in [0.717, 1.165) is 32.1 Å². The van der Waals surface area contributed by atoms with E-state index in [2.05, 4.69) is 5.32 Å². The van der Waals surface area contributed by atoms with E-state index in [0.29, 0.717) is 35.4 Å². The Balaban J connectivity index is 1.38. The lowest BCUT2D eigenvalue weighted by Gasteiger charge is -2.58. The van der Waals surface area contributed by atoms with Gasteiger partial charge in [0.1, 0.15) is 11.5 Å². The van der Waals surface area contributed by atoms with Crippen LogP contribution in [0.25, 0.3) is 0 Å². The smallest absolute Gasteiger partial charge is 0.312 e. The van der Waals surface area contributed by atoms with Crippen LogP contribution in [0.2, 0.25) is 0 Å². The first-order valence-electron chi connectivity index (χ1n) is 9.76. The summed E-state index contributed by atoms with van der Waals surface area (Å²) in [6.07, 6.45) is 4.64. The molecular formula is C21H27NO6. The van der Waals surface area contributed by atoms with E-state index in [4.69, 9.17) is 14.2 Å². The monoisotopic (exact) mass is 389 g/mol. The van der Waals surface area contributed by atoms with Gasteiger partial charge < -0.3 is 24.6 Å². The summed E-state index contributed by atoms with van der Waals surface area (Å²) in [5.74, 6) is 1.04. The molecule has 1 aromatic carbocycles. The number of amides is 1. The molecule has 4 atom stereocenters. The van der Waals surface area contributed by atoms with Crippen LogP contribution in [0.1, 0.15) is 38.5 Å². The molecule has 28 heavy (non-hydrogen) atoms. The zero-order chi connectivity index (χ0) is 19.9. The zero-order valence-electron chi connectivity index (χ0n) is 16.3. The highest BCUT2D eigenvalue weighted by atomic mass is 16.5. The lowest BCUT2D eigenvalue weighted by molar-refractivity contribution is -0.196. The lowest BCUT2D eigenvalue weighted by Crippen LogP contribution is -2.58. The van der Waals surface area contributed by atoms with Gasteiger partial charge in [-0.25, -0.2) is 0 Å². The van der Waals surface area contributed by atoms with Crippen molar-refractivity contribution in [2.45, 2.75) is 44.1 Å². The normalized spacial score (nSPS) is 32.7. The molecule has 0 spiro atoms. The quantitative estimate of drug-likeness (QED) is 0.726. The average Bonchev–Trinajstić information content (AvgIpc) is 2.64. The molecule has 0 aromatic heterocycles. The highest BCUT2D eigenvalue weighted by Gasteiger charge is 2.60. The van der Waals surface area contributed by atoms with Gasteiger partial charge in [0.2, 0.25) is 0 Å². The van der Waals surface area contributed by atoms with E-state index in [-0.39, 0.29) is 12.6 Å². The minimum atomic E-state index is -0.737. The van der Waals surface area contributed by atoms with Crippen molar-refractivity contribution in [3.8, 4) is 11.5 Å². The summed E-state index contributed by atoms with van der Waals surface area (Å²) in [5.41, 5.74) is -0.918. The van der Waals surface area contributed by atoms with Gasteiger partial charge >= 0.3 is 5.97 Å². The fraction of sp³-hybridized carbons (Fsp3) is 0.619. The van der Waals surface area contributed by atoms with Crippen molar-refractivity contribution in [3.05, 3.63) is 18.2 Å². The number of esters is 1. The topological polar surface area (TPSA) is 94.1 Å². The Morgan fingerprint density at radius 2 is 1.86 bits per heavy atom. The second kappa shape index (κ2) is 6.95. The van der Waals surface area contributed by atoms with Gasteiger partial charge in [0.05, 0.1) is 30.9 Å². The van der Waals surface area contributed by atoms with Crippen LogP contribution < -0.4 is 14.8 Å². The Hall–Kier alpha value is -2.28. The van der Waals surface area contributed by atoms with Crippen molar-refractivity contribution >= 4 is 17.6 Å². The minimum Gasteiger partial charge on any atom is -0.497 e. The number of nitrogens with one attached hydrogen (secondary N) is 1. The molecule has 4 fully saturated rings. The number of hydrogen-bond donors (Lipinski definition) is 2. The summed E-state index contributed by atoms with van der Waals surface area (Å²) in [7, 11) is 3.05. The van der Waals surface area contributed by atoms with Crippen LogP contribution in [0.15, 0.2) is 18.2 Å². The molecule has 7 heteroatoms. The molecule has 2 unspecified atom stereocenters. The van der Waals surface area contributed by atoms with Crippen LogP contribution in [-0.2, 0) is 14.3 Å². The first kappa shape index (κ1) is 19.1. The molecule has 1 amide bonds. The maximum absolute atomic E-state index is 12.9. The summed E-state index contributed by atoms with van der Waals surface area (Å²) < 4.78 is 15.8. The third kappa shape index (κ3) is 3.43. The van der Waals surface area contributed by atoms with E-state index in [9.17, 15) is 14.7 Å². The van der Waals surface area contributed by atoms with Crippen LogP contribution >= 0.6 is 0 Å². The maximum Gasteiger partial charge on any atom is 0.312 e. The Morgan fingerprint density at radius 1 is 1.14 bits per heavy atom. The van der Waals surface area contributed by atoms with Crippen molar-refractivity contribution in [2.75, 3.05) is 26.1 Å². The van der Waals surface area contributed by atoms with Crippen LogP contribution in [0.4, 0.5) is 5.69 Å². The molecule has 0 radical (unpaired) electrons. The molecule has 0 aliphatic heterocycles. The first-order valence-corrected chi connectivity index (χ1v) is 9.76. The number of carbonyl (C=O) groups is 2. The lowest BCUT2D eigenvalue weighted by atomic mass is 9.48. The van der Waals surface area contributed by atoms with E-state index in [1.165, 1.54) is 14.2 Å². The molecule has 2 N–H and O–H groups in total. The van der Waals surface area contributed by atoms with E-state index in [1.807, 2.05) is 0 Å². The van der Waals surface area contributed by atoms with Crippen LogP contribution in [-0.4, -0.2) is 43.4 Å². The van der Waals surface area contributed by atoms with Crippen molar-refractivity contribution < 1.29 is 28.9 Å². The van der Waals surface area contributed by atoms with Gasteiger partial charge in [-0.05, 0) is 62.5 Å². The fourth-order valence-corrected chi connectivity index (χ4v) is 5.84. The fourth-order valence-electron chi connectivity index (χ4n) is 5.84. The van der Waals surface area contributed by atoms with Crippen molar-refractivity contribution in [1.82, 2.24) is 0 Å². The summed E-state index contributed by atoms with van der Waals surface area (Å²) in [6, 6.07) is 5.07. The third-order valence-corrected chi connectivity index (χ3v) is 6.48. The third-order valence-electron chi connectivity index (χ3n) is 6.48. The number of rotatable bonds is 6. The second-order valence-corrected chi connectivity index (χ2v) is 8.66. The SMILES string of the molecule is COc1ccc(OC)c(NC(=O)COC(=O)C23C[C@@H]4C[C@@H](CC(O)(C4)C2)C3)c1. The summed E-state index contributed by atoms with van der Waals surface area (Å²) in [6.45, 7) is -0.366. The van der Waals surface area contributed by atoms with E-state index in [1.54, 1.807) is 18.2 Å². The number of ether oxygens (including phenoxy) is 3. The van der Waals surface area contributed by atoms with Crippen molar-refractivity contribution in [3.63, 3.8) is 0 Å². The Bertz CT molecular complexity index is 777. The van der Waals surface area contributed by atoms with E-state index >= 15 is 0 Å². The number of benzene rings is 1. The predicted molar refractivity (Wildman–Crippen MR) is 101 cm³/mol. The van der Waals surface area contributed by atoms with Gasteiger partial charge in [-0.2, -0.15) is 0 Å².